The number of nitrogens with zero attached hydrogens (tertiary/aromatic N) is 2. The molecule has 7 nitrogen and oxygen atoms in total. The first kappa shape index (κ1) is 22.2. The number of imidazole rings is 1. The summed E-state index contributed by atoms with van der Waals surface area (Å²) in [6, 6.07) is 22.2. The minimum Gasteiger partial charge on any atom is -0.497 e. The Kier molecular flexibility index (Phi) is 6.78. The summed E-state index contributed by atoms with van der Waals surface area (Å²) >= 11 is 0. The van der Waals surface area contributed by atoms with Gasteiger partial charge in [0.15, 0.2) is 0 Å². The van der Waals surface area contributed by atoms with Crippen LogP contribution < -0.4 is 19.5 Å². The number of rotatable bonds is 9. The summed E-state index contributed by atoms with van der Waals surface area (Å²) < 4.78 is 18.5. The minimum atomic E-state index is -0.312. The van der Waals surface area contributed by atoms with Crippen molar-refractivity contribution in [3.63, 3.8) is 0 Å². The molecule has 1 N–H and O–H groups in total. The summed E-state index contributed by atoms with van der Waals surface area (Å²) in [6.07, 6.45) is 0. The molecule has 3 aromatic carbocycles. The summed E-state index contributed by atoms with van der Waals surface area (Å²) in [6.45, 7) is 2.95. The Morgan fingerprint density at radius 1 is 0.939 bits per heavy atom. The average molecular weight is 446 g/mol. The van der Waals surface area contributed by atoms with E-state index in [4.69, 9.17) is 19.2 Å². The van der Waals surface area contributed by atoms with E-state index >= 15 is 0 Å². The Morgan fingerprint density at radius 2 is 1.64 bits per heavy atom. The molecule has 1 aromatic heterocycles. The van der Waals surface area contributed by atoms with Crippen molar-refractivity contribution in [1.82, 2.24) is 14.9 Å². The van der Waals surface area contributed by atoms with Crippen molar-refractivity contribution < 1.29 is 19.0 Å². The molecular weight excluding hydrogens is 418 g/mol. The fourth-order valence-electron chi connectivity index (χ4n) is 3.71. The van der Waals surface area contributed by atoms with E-state index in [0.717, 1.165) is 28.4 Å². The lowest BCUT2D eigenvalue weighted by Gasteiger charge is -2.17. The van der Waals surface area contributed by atoms with Gasteiger partial charge in [0.25, 0.3) is 5.91 Å². The lowest BCUT2D eigenvalue weighted by atomic mass is 10.2. The molecule has 1 heterocycles. The molecular formula is C26H27N3O4. The van der Waals surface area contributed by atoms with Gasteiger partial charge in [0, 0.05) is 11.6 Å². The molecule has 33 heavy (non-hydrogen) atoms. The monoisotopic (exact) mass is 445 g/mol. The first-order valence-corrected chi connectivity index (χ1v) is 10.8. The van der Waals surface area contributed by atoms with Crippen LogP contribution in [0.1, 0.15) is 29.1 Å². The number of fused-ring (bicyclic) bond motifs is 1. The number of hydrogen-bond donors (Lipinski definition) is 1. The molecule has 7 heteroatoms. The van der Waals surface area contributed by atoms with Gasteiger partial charge in [-0.05, 0) is 49.4 Å². The van der Waals surface area contributed by atoms with Crippen molar-refractivity contribution in [3.05, 3.63) is 84.2 Å². The van der Waals surface area contributed by atoms with Gasteiger partial charge in [-0.2, -0.15) is 0 Å². The fraction of sp³-hybridized carbons (Fsp3) is 0.231. The Labute approximate surface area is 192 Å². The van der Waals surface area contributed by atoms with E-state index in [9.17, 15) is 4.79 Å². The van der Waals surface area contributed by atoms with Gasteiger partial charge in [0.2, 0.25) is 0 Å². The second-order valence-corrected chi connectivity index (χ2v) is 7.56. The van der Waals surface area contributed by atoms with Crippen LogP contribution in [0.3, 0.4) is 0 Å². The SMILES string of the molecule is COc1cccc(OCCn2c(C(C)NC(=O)c3cccc(OC)c3)nc3ccccc32)c1. The molecule has 0 radical (unpaired) electrons. The highest BCUT2D eigenvalue weighted by atomic mass is 16.5. The molecule has 0 aliphatic carbocycles. The predicted molar refractivity (Wildman–Crippen MR) is 127 cm³/mol. The van der Waals surface area contributed by atoms with Gasteiger partial charge < -0.3 is 24.1 Å². The van der Waals surface area contributed by atoms with Crippen LogP contribution in [-0.4, -0.2) is 36.3 Å². The Morgan fingerprint density at radius 3 is 2.42 bits per heavy atom. The number of para-hydroxylation sites is 2. The second-order valence-electron chi connectivity index (χ2n) is 7.56. The van der Waals surface area contributed by atoms with E-state index in [-0.39, 0.29) is 11.9 Å². The molecule has 0 fully saturated rings. The summed E-state index contributed by atoms with van der Waals surface area (Å²) in [5.74, 6) is 2.70. The highest BCUT2D eigenvalue weighted by Crippen LogP contribution is 2.23. The number of methoxy groups -OCH3 is 2. The van der Waals surface area contributed by atoms with E-state index in [1.54, 1.807) is 32.4 Å². The number of amides is 1. The first-order chi connectivity index (χ1) is 16.1. The molecule has 1 atom stereocenters. The number of nitrogens with one attached hydrogen (secondary N) is 1. The van der Waals surface area contributed by atoms with Crippen molar-refractivity contribution in [2.24, 2.45) is 0 Å². The highest BCUT2D eigenvalue weighted by molar-refractivity contribution is 5.94. The summed E-state index contributed by atoms with van der Waals surface area (Å²) in [5.41, 5.74) is 2.39. The van der Waals surface area contributed by atoms with Gasteiger partial charge in [-0.25, -0.2) is 4.98 Å². The number of carbonyl (C=O) groups is 1. The zero-order valence-electron chi connectivity index (χ0n) is 18.9. The molecule has 4 aromatic rings. The van der Waals surface area contributed by atoms with Gasteiger partial charge >= 0.3 is 0 Å². The van der Waals surface area contributed by atoms with Crippen LogP contribution in [-0.2, 0) is 6.54 Å². The van der Waals surface area contributed by atoms with Crippen molar-refractivity contribution in [3.8, 4) is 17.2 Å². The Bertz CT molecular complexity index is 1250. The van der Waals surface area contributed by atoms with Crippen molar-refractivity contribution in [2.75, 3.05) is 20.8 Å². The first-order valence-electron chi connectivity index (χ1n) is 10.8. The number of carbonyl (C=O) groups excluding carboxylic acids is 1. The molecule has 0 saturated carbocycles. The highest BCUT2D eigenvalue weighted by Gasteiger charge is 2.19. The third-order valence-corrected chi connectivity index (χ3v) is 5.38. The quantitative estimate of drug-likeness (QED) is 0.407. The van der Waals surface area contributed by atoms with Crippen LogP contribution >= 0.6 is 0 Å². The maximum absolute atomic E-state index is 12.8. The van der Waals surface area contributed by atoms with Gasteiger partial charge in [-0.1, -0.05) is 24.3 Å². The van der Waals surface area contributed by atoms with E-state index in [2.05, 4.69) is 9.88 Å². The number of ether oxygens (including phenoxy) is 3. The predicted octanol–water partition coefficient (Wildman–Crippen LogP) is 4.62. The van der Waals surface area contributed by atoms with Crippen molar-refractivity contribution in [2.45, 2.75) is 19.5 Å². The van der Waals surface area contributed by atoms with Crippen LogP contribution in [0.15, 0.2) is 72.8 Å². The molecule has 4 rings (SSSR count). The molecule has 1 amide bonds. The smallest absolute Gasteiger partial charge is 0.251 e. The largest absolute Gasteiger partial charge is 0.497 e. The molecule has 1 unspecified atom stereocenters. The van der Waals surface area contributed by atoms with Crippen LogP contribution in [0.5, 0.6) is 17.2 Å². The minimum absolute atomic E-state index is 0.187. The van der Waals surface area contributed by atoms with E-state index in [0.29, 0.717) is 24.5 Å². The normalized spacial score (nSPS) is 11.7. The van der Waals surface area contributed by atoms with Gasteiger partial charge in [-0.3, -0.25) is 4.79 Å². The molecule has 170 valence electrons. The lowest BCUT2D eigenvalue weighted by molar-refractivity contribution is 0.0937. The van der Waals surface area contributed by atoms with Crippen molar-refractivity contribution >= 4 is 16.9 Å². The van der Waals surface area contributed by atoms with E-state index < -0.39 is 0 Å². The van der Waals surface area contributed by atoms with Gasteiger partial charge in [-0.15, -0.1) is 0 Å². The number of hydrogen-bond acceptors (Lipinski definition) is 5. The topological polar surface area (TPSA) is 74.6 Å². The molecule has 0 saturated heterocycles. The fourth-order valence-corrected chi connectivity index (χ4v) is 3.71. The molecule has 0 aliphatic heterocycles. The van der Waals surface area contributed by atoms with Gasteiger partial charge in [0.05, 0.1) is 37.8 Å². The van der Waals surface area contributed by atoms with Crippen molar-refractivity contribution in [1.29, 1.82) is 0 Å². The molecule has 0 spiro atoms. The third-order valence-electron chi connectivity index (χ3n) is 5.38. The Balaban J connectivity index is 1.53. The average Bonchev–Trinajstić information content (AvgIpc) is 3.23. The number of benzene rings is 3. The van der Waals surface area contributed by atoms with Crippen LogP contribution in [0, 0.1) is 0 Å². The summed E-state index contributed by atoms with van der Waals surface area (Å²) in [4.78, 5) is 17.6. The van der Waals surface area contributed by atoms with E-state index in [1.165, 1.54) is 0 Å². The molecule has 0 bridgehead atoms. The van der Waals surface area contributed by atoms with Crippen LogP contribution in [0.2, 0.25) is 0 Å². The zero-order chi connectivity index (χ0) is 23.2. The van der Waals surface area contributed by atoms with Gasteiger partial charge in [0.1, 0.15) is 29.7 Å². The van der Waals surface area contributed by atoms with Crippen LogP contribution in [0.25, 0.3) is 11.0 Å². The third kappa shape index (κ3) is 5.09. The van der Waals surface area contributed by atoms with E-state index in [1.807, 2.05) is 61.5 Å². The lowest BCUT2D eigenvalue weighted by Crippen LogP contribution is -2.29. The number of aromatic nitrogens is 2. The maximum atomic E-state index is 12.8. The second kappa shape index (κ2) is 10.1. The Hall–Kier alpha value is -4.00. The standard InChI is InChI=1S/C26H27N3O4/c1-18(27-26(30)19-8-6-9-20(16-19)31-2)25-28-23-12-4-5-13-24(23)29(25)14-15-33-22-11-7-10-21(17-22)32-3/h4-13,16-18H,14-15H2,1-3H3,(H,27,30). The maximum Gasteiger partial charge on any atom is 0.251 e. The molecule has 0 aliphatic rings. The zero-order valence-corrected chi connectivity index (χ0v) is 18.9. The summed E-state index contributed by atoms with van der Waals surface area (Å²) in [7, 11) is 3.21. The summed E-state index contributed by atoms with van der Waals surface area (Å²) in [5, 5.41) is 3.05. The van der Waals surface area contributed by atoms with Crippen LogP contribution in [0.4, 0.5) is 0 Å².